The largest absolute Gasteiger partial charge is 0.412 e. The molecule has 1 aromatic heterocycles. The van der Waals surface area contributed by atoms with Crippen LogP contribution in [0.25, 0.3) is 0 Å². The molecule has 0 unspecified atom stereocenters. The van der Waals surface area contributed by atoms with Crippen LogP contribution in [0.4, 0.5) is 0 Å². The summed E-state index contributed by atoms with van der Waals surface area (Å²) in [6.07, 6.45) is 0. The van der Waals surface area contributed by atoms with Crippen molar-refractivity contribution < 1.29 is 5.48 Å². The summed E-state index contributed by atoms with van der Waals surface area (Å²) in [6, 6.07) is 10.3. The fourth-order valence-electron chi connectivity index (χ4n) is 0.725. The van der Waals surface area contributed by atoms with Crippen LogP contribution in [0.1, 0.15) is 10.4 Å². The fraction of sp³-hybridized carbons (Fsp3) is 0.200. The standard InChI is InChI=1S/C10H12S.H2O/c1-9-7-5-3-4-6-8-11-10(9)2;/h3-8H,1-2H3;1H2. The summed E-state index contributed by atoms with van der Waals surface area (Å²) in [5, 5.41) is 2.10. The normalized spacial score (nSPS) is 8.17. The summed E-state index contributed by atoms with van der Waals surface area (Å²) in [4.78, 5) is 1.36. The molecule has 0 saturated carbocycles. The Balaban J connectivity index is 0.00000121. The van der Waals surface area contributed by atoms with E-state index in [0.29, 0.717) is 0 Å². The molecule has 0 aromatic carbocycles. The van der Waals surface area contributed by atoms with Crippen molar-refractivity contribution >= 4 is 11.3 Å². The molecule has 0 fully saturated rings. The van der Waals surface area contributed by atoms with Gasteiger partial charge >= 0.3 is 0 Å². The summed E-state index contributed by atoms with van der Waals surface area (Å²) in [5.41, 5.74) is 1.34. The first kappa shape index (κ1) is 11.1. The summed E-state index contributed by atoms with van der Waals surface area (Å²) < 4.78 is 0. The lowest BCUT2D eigenvalue weighted by molar-refractivity contribution is 0.824. The number of rotatable bonds is 0. The van der Waals surface area contributed by atoms with Gasteiger partial charge < -0.3 is 5.48 Å². The van der Waals surface area contributed by atoms with E-state index in [0.717, 1.165) is 0 Å². The maximum Gasteiger partial charge on any atom is 0.00430 e. The average molecular weight is 182 g/mol. The zero-order valence-electron chi connectivity index (χ0n) is 7.37. The van der Waals surface area contributed by atoms with Crippen molar-refractivity contribution in [1.82, 2.24) is 0 Å². The van der Waals surface area contributed by atoms with Gasteiger partial charge in [0, 0.05) is 4.88 Å². The molecule has 0 aliphatic carbocycles. The third-order valence-electron chi connectivity index (χ3n) is 1.56. The number of aryl methyl sites for hydroxylation is 2. The van der Waals surface area contributed by atoms with E-state index in [9.17, 15) is 0 Å². The lowest BCUT2D eigenvalue weighted by Crippen LogP contribution is -1.67. The van der Waals surface area contributed by atoms with Crippen LogP contribution in [0.2, 0.25) is 0 Å². The molecule has 0 spiro atoms. The van der Waals surface area contributed by atoms with E-state index in [1.807, 2.05) is 12.1 Å². The maximum atomic E-state index is 2.14. The Labute approximate surface area is 77.3 Å². The van der Waals surface area contributed by atoms with E-state index in [-0.39, 0.29) is 5.48 Å². The van der Waals surface area contributed by atoms with E-state index in [1.54, 1.807) is 11.3 Å². The Morgan fingerprint density at radius 3 is 2.42 bits per heavy atom. The molecule has 1 heterocycles. The fourth-order valence-corrected chi connectivity index (χ4v) is 1.35. The SMILES string of the molecule is Cc1ccccccsc1C.O. The van der Waals surface area contributed by atoms with E-state index in [4.69, 9.17) is 0 Å². The van der Waals surface area contributed by atoms with Gasteiger partial charge in [-0.25, -0.2) is 0 Å². The van der Waals surface area contributed by atoms with Crippen molar-refractivity contribution in [1.29, 1.82) is 0 Å². The molecule has 0 bridgehead atoms. The van der Waals surface area contributed by atoms with Gasteiger partial charge in [-0.3, -0.25) is 0 Å². The van der Waals surface area contributed by atoms with Crippen LogP contribution in [-0.4, -0.2) is 5.48 Å². The third kappa shape index (κ3) is 3.51. The van der Waals surface area contributed by atoms with E-state index >= 15 is 0 Å². The molecule has 1 nitrogen and oxygen atoms in total. The summed E-state index contributed by atoms with van der Waals surface area (Å²) in [5.74, 6) is 0. The quantitative estimate of drug-likeness (QED) is 0.591. The first-order chi connectivity index (χ1) is 5.30. The van der Waals surface area contributed by atoms with Gasteiger partial charge in [0.25, 0.3) is 0 Å². The van der Waals surface area contributed by atoms with E-state index in [1.165, 1.54) is 10.4 Å². The first-order valence-corrected chi connectivity index (χ1v) is 4.52. The van der Waals surface area contributed by atoms with Crippen LogP contribution in [-0.2, 0) is 0 Å². The van der Waals surface area contributed by atoms with E-state index in [2.05, 4.69) is 37.4 Å². The van der Waals surface area contributed by atoms with Crippen molar-refractivity contribution in [3.63, 3.8) is 0 Å². The molecular weight excluding hydrogens is 168 g/mol. The monoisotopic (exact) mass is 182 g/mol. The van der Waals surface area contributed by atoms with Crippen molar-refractivity contribution in [2.75, 3.05) is 0 Å². The Hall–Kier alpha value is -0.860. The van der Waals surface area contributed by atoms with Crippen LogP contribution in [0.3, 0.4) is 0 Å². The maximum absolute atomic E-state index is 2.14. The molecule has 1 aromatic rings. The highest BCUT2D eigenvalue weighted by molar-refractivity contribution is 7.09. The second-order valence-corrected chi connectivity index (χ2v) is 3.55. The minimum absolute atomic E-state index is 0. The highest BCUT2D eigenvalue weighted by atomic mass is 32.1. The van der Waals surface area contributed by atoms with E-state index < -0.39 is 0 Å². The van der Waals surface area contributed by atoms with Crippen LogP contribution < -0.4 is 0 Å². The molecule has 12 heavy (non-hydrogen) atoms. The van der Waals surface area contributed by atoms with Gasteiger partial charge in [0.15, 0.2) is 0 Å². The van der Waals surface area contributed by atoms with Crippen LogP contribution in [0.15, 0.2) is 35.7 Å². The topological polar surface area (TPSA) is 31.5 Å². The van der Waals surface area contributed by atoms with Crippen molar-refractivity contribution in [2.45, 2.75) is 13.8 Å². The summed E-state index contributed by atoms with van der Waals surface area (Å²) in [7, 11) is 0. The van der Waals surface area contributed by atoms with Gasteiger partial charge in [-0.05, 0) is 24.8 Å². The van der Waals surface area contributed by atoms with Gasteiger partial charge in [-0.1, -0.05) is 30.3 Å². The Kier molecular flexibility index (Phi) is 5.34. The first-order valence-electron chi connectivity index (χ1n) is 3.65. The molecule has 2 N–H and O–H groups in total. The minimum atomic E-state index is 0. The molecule has 1 rings (SSSR count). The molecule has 0 aliphatic rings. The van der Waals surface area contributed by atoms with Crippen LogP contribution in [0.5, 0.6) is 0 Å². The second kappa shape index (κ2) is 5.75. The minimum Gasteiger partial charge on any atom is -0.412 e. The molecule has 66 valence electrons. The molecule has 0 radical (unpaired) electrons. The predicted molar refractivity (Wildman–Crippen MR) is 55.0 cm³/mol. The van der Waals surface area contributed by atoms with Gasteiger partial charge in [0.2, 0.25) is 0 Å². The lowest BCUT2D eigenvalue weighted by atomic mass is 10.3. The highest BCUT2D eigenvalue weighted by Gasteiger charge is 1.82. The Morgan fingerprint density at radius 2 is 1.67 bits per heavy atom. The third-order valence-corrected chi connectivity index (χ3v) is 2.53. The van der Waals surface area contributed by atoms with Crippen molar-refractivity contribution in [3.05, 3.63) is 46.2 Å². The Bertz CT molecular complexity index is 250. The lowest BCUT2D eigenvalue weighted by Gasteiger charge is -1.88. The van der Waals surface area contributed by atoms with Gasteiger partial charge in [0.1, 0.15) is 0 Å². The summed E-state index contributed by atoms with van der Waals surface area (Å²) >= 11 is 1.77. The smallest absolute Gasteiger partial charge is 0.00430 e. The second-order valence-electron chi connectivity index (χ2n) is 2.43. The number of hydrogen-bond acceptors (Lipinski definition) is 1. The average Bonchev–Trinajstić information content (AvgIpc) is 2.07. The molecule has 0 aliphatic heterocycles. The predicted octanol–water partition coefficient (Wildman–Crippen LogP) is 2.66. The Morgan fingerprint density at radius 1 is 1.00 bits per heavy atom. The molecular formula is C10H14OS. The van der Waals surface area contributed by atoms with Crippen molar-refractivity contribution in [3.8, 4) is 0 Å². The zero-order chi connectivity index (χ0) is 8.10. The van der Waals surface area contributed by atoms with Crippen LogP contribution in [0, 0.1) is 13.8 Å². The highest BCUT2D eigenvalue weighted by Crippen LogP contribution is 2.06. The van der Waals surface area contributed by atoms with Gasteiger partial charge in [-0.15, -0.1) is 11.3 Å². The molecule has 0 atom stereocenters. The zero-order valence-corrected chi connectivity index (χ0v) is 8.19. The van der Waals surface area contributed by atoms with Crippen molar-refractivity contribution in [2.24, 2.45) is 0 Å². The number of hydrogen-bond donors (Lipinski definition) is 0. The molecule has 0 saturated heterocycles. The molecule has 0 amide bonds. The van der Waals surface area contributed by atoms with Crippen LogP contribution >= 0.6 is 11.3 Å². The van der Waals surface area contributed by atoms with Gasteiger partial charge in [-0.2, -0.15) is 0 Å². The summed E-state index contributed by atoms with van der Waals surface area (Å²) in [6.45, 7) is 4.27. The molecule has 2 heteroatoms. The van der Waals surface area contributed by atoms with Gasteiger partial charge in [0.05, 0.1) is 0 Å².